The molecule has 1 aromatic carbocycles. The number of carbonyl (C=O) groups is 1. The summed E-state index contributed by atoms with van der Waals surface area (Å²) >= 11 is 1.59. The van der Waals surface area contributed by atoms with Crippen LogP contribution in [0.4, 0.5) is 0 Å². The first-order chi connectivity index (χ1) is 13.1. The lowest BCUT2D eigenvalue weighted by molar-refractivity contribution is -0.120. The minimum atomic E-state index is 0.242. The molecule has 0 N–H and O–H groups in total. The first-order valence-corrected chi connectivity index (χ1v) is 10.3. The zero-order valence-corrected chi connectivity index (χ0v) is 16.6. The second kappa shape index (κ2) is 7.82. The highest BCUT2D eigenvalue weighted by atomic mass is 32.1. The van der Waals surface area contributed by atoms with E-state index in [4.69, 9.17) is 0 Å². The number of benzene rings is 1. The molecule has 6 heteroatoms. The predicted molar refractivity (Wildman–Crippen MR) is 109 cm³/mol. The molecule has 0 spiro atoms. The summed E-state index contributed by atoms with van der Waals surface area (Å²) in [7, 11) is 0. The second-order valence-electron chi connectivity index (χ2n) is 7.39. The topological polar surface area (TPSA) is 59.0 Å². The number of piperidine rings is 1. The van der Waals surface area contributed by atoms with Crippen LogP contribution in [0.3, 0.4) is 0 Å². The number of pyridine rings is 1. The minimum absolute atomic E-state index is 0.242. The Morgan fingerprint density at radius 1 is 1.22 bits per heavy atom. The monoisotopic (exact) mass is 380 g/mol. The molecule has 1 fully saturated rings. The Hall–Kier alpha value is -2.18. The van der Waals surface area contributed by atoms with Gasteiger partial charge in [-0.05, 0) is 50.8 Å². The Kier molecular flexibility index (Phi) is 5.27. The molecule has 0 radical (unpaired) electrons. The van der Waals surface area contributed by atoms with Crippen molar-refractivity contribution in [2.24, 2.45) is 0 Å². The SMILES string of the molecule is Cc1nnc(-c2ccc3cnc(CC(=O)CN4CCCC[C@H]4C)cc3c2)s1. The van der Waals surface area contributed by atoms with E-state index in [2.05, 4.69) is 39.1 Å². The van der Waals surface area contributed by atoms with Crippen molar-refractivity contribution in [3.8, 4) is 10.6 Å². The molecule has 0 amide bonds. The van der Waals surface area contributed by atoms with E-state index in [0.29, 0.717) is 19.0 Å². The van der Waals surface area contributed by atoms with Crippen molar-refractivity contribution < 1.29 is 4.79 Å². The molecule has 1 aliphatic heterocycles. The molecule has 3 aromatic rings. The van der Waals surface area contributed by atoms with Gasteiger partial charge in [-0.15, -0.1) is 10.2 Å². The normalized spacial score (nSPS) is 18.1. The van der Waals surface area contributed by atoms with Crippen molar-refractivity contribution in [1.29, 1.82) is 0 Å². The van der Waals surface area contributed by atoms with E-state index in [0.717, 1.165) is 38.6 Å². The number of nitrogens with zero attached hydrogens (tertiary/aromatic N) is 4. The van der Waals surface area contributed by atoms with Crippen LogP contribution < -0.4 is 0 Å². The van der Waals surface area contributed by atoms with Crippen LogP contribution in [0.2, 0.25) is 0 Å². The Balaban J connectivity index is 1.51. The van der Waals surface area contributed by atoms with Gasteiger partial charge in [0.05, 0.1) is 13.0 Å². The molecule has 0 bridgehead atoms. The standard InChI is InChI=1S/C21H24N4OS/c1-14-5-3-4-8-25(14)13-20(26)11-19-10-18-9-16(6-7-17(18)12-22-19)21-24-23-15(2)27-21/h6-7,9-10,12,14H,3-5,8,11,13H2,1-2H3/t14-/m1/s1. The Bertz CT molecular complexity index is 968. The van der Waals surface area contributed by atoms with Crippen molar-refractivity contribution in [3.05, 3.63) is 41.2 Å². The minimum Gasteiger partial charge on any atom is -0.298 e. The molecule has 5 nitrogen and oxygen atoms in total. The molecule has 0 saturated carbocycles. The summed E-state index contributed by atoms with van der Waals surface area (Å²) in [5.41, 5.74) is 1.89. The van der Waals surface area contributed by atoms with Crippen molar-refractivity contribution >= 4 is 27.9 Å². The van der Waals surface area contributed by atoms with E-state index in [1.54, 1.807) is 11.3 Å². The van der Waals surface area contributed by atoms with Gasteiger partial charge in [-0.3, -0.25) is 14.7 Å². The summed E-state index contributed by atoms with van der Waals surface area (Å²) in [6.07, 6.45) is 5.90. The van der Waals surface area contributed by atoms with Crippen LogP contribution in [-0.2, 0) is 11.2 Å². The second-order valence-corrected chi connectivity index (χ2v) is 8.58. The molecule has 1 aliphatic rings. The number of carbonyl (C=O) groups excluding carboxylic acids is 1. The maximum Gasteiger partial charge on any atom is 0.152 e. The molecule has 140 valence electrons. The van der Waals surface area contributed by atoms with Crippen LogP contribution in [-0.4, -0.2) is 45.0 Å². The smallest absolute Gasteiger partial charge is 0.152 e. The quantitative estimate of drug-likeness (QED) is 0.668. The molecule has 0 aliphatic carbocycles. The third kappa shape index (κ3) is 4.22. The van der Waals surface area contributed by atoms with Crippen molar-refractivity contribution in [2.75, 3.05) is 13.1 Å². The maximum absolute atomic E-state index is 12.6. The van der Waals surface area contributed by atoms with Gasteiger partial charge in [-0.1, -0.05) is 29.9 Å². The summed E-state index contributed by atoms with van der Waals surface area (Å²) in [4.78, 5) is 19.4. The van der Waals surface area contributed by atoms with Gasteiger partial charge in [0.15, 0.2) is 5.78 Å². The number of hydrogen-bond acceptors (Lipinski definition) is 6. The van der Waals surface area contributed by atoms with E-state index in [9.17, 15) is 4.79 Å². The highest BCUT2D eigenvalue weighted by Crippen LogP contribution is 2.27. The lowest BCUT2D eigenvalue weighted by Gasteiger charge is -2.32. The van der Waals surface area contributed by atoms with Gasteiger partial charge in [0.1, 0.15) is 10.0 Å². The summed E-state index contributed by atoms with van der Waals surface area (Å²) in [6.45, 7) is 5.74. The van der Waals surface area contributed by atoms with E-state index in [-0.39, 0.29) is 5.78 Å². The van der Waals surface area contributed by atoms with E-state index in [1.165, 1.54) is 19.3 Å². The number of hydrogen-bond donors (Lipinski definition) is 0. The number of fused-ring (bicyclic) bond motifs is 1. The maximum atomic E-state index is 12.6. The number of ketones is 1. The van der Waals surface area contributed by atoms with Crippen LogP contribution in [0.5, 0.6) is 0 Å². The van der Waals surface area contributed by atoms with Gasteiger partial charge in [-0.25, -0.2) is 0 Å². The first-order valence-electron chi connectivity index (χ1n) is 9.53. The zero-order chi connectivity index (χ0) is 18.8. The summed E-state index contributed by atoms with van der Waals surface area (Å²) < 4.78 is 0. The summed E-state index contributed by atoms with van der Waals surface area (Å²) in [5, 5.41) is 12.4. The van der Waals surface area contributed by atoms with Crippen molar-refractivity contribution in [3.63, 3.8) is 0 Å². The van der Waals surface area contributed by atoms with Gasteiger partial charge in [-0.2, -0.15) is 0 Å². The highest BCUT2D eigenvalue weighted by Gasteiger charge is 2.20. The first kappa shape index (κ1) is 18.2. The average Bonchev–Trinajstić information content (AvgIpc) is 3.09. The number of aryl methyl sites for hydroxylation is 1. The Labute approximate surface area is 163 Å². The Morgan fingerprint density at radius 2 is 2.11 bits per heavy atom. The summed E-state index contributed by atoms with van der Waals surface area (Å²) in [6, 6.07) is 8.74. The van der Waals surface area contributed by atoms with Gasteiger partial charge in [0, 0.05) is 28.9 Å². The lowest BCUT2D eigenvalue weighted by Crippen LogP contribution is -2.41. The highest BCUT2D eigenvalue weighted by molar-refractivity contribution is 7.14. The molecule has 1 saturated heterocycles. The summed E-state index contributed by atoms with van der Waals surface area (Å²) in [5.74, 6) is 0.242. The van der Waals surface area contributed by atoms with Gasteiger partial charge < -0.3 is 0 Å². The molecular formula is C21H24N4OS. The number of likely N-dealkylation sites (tertiary alicyclic amines) is 1. The number of aromatic nitrogens is 3. The third-order valence-corrected chi connectivity index (χ3v) is 6.14. The number of Topliss-reactive ketones (excluding diaryl/α,β-unsaturated/α-hetero) is 1. The molecule has 1 atom stereocenters. The van der Waals surface area contributed by atoms with Gasteiger partial charge in [0.2, 0.25) is 0 Å². The fourth-order valence-electron chi connectivity index (χ4n) is 3.71. The van der Waals surface area contributed by atoms with Crippen LogP contribution >= 0.6 is 11.3 Å². The van der Waals surface area contributed by atoms with E-state index < -0.39 is 0 Å². The van der Waals surface area contributed by atoms with Crippen LogP contribution in [0.25, 0.3) is 21.3 Å². The molecule has 0 unspecified atom stereocenters. The predicted octanol–water partition coefficient (Wildman–Crippen LogP) is 4.05. The molecular weight excluding hydrogens is 356 g/mol. The molecule has 27 heavy (non-hydrogen) atoms. The zero-order valence-electron chi connectivity index (χ0n) is 15.8. The molecule has 3 heterocycles. The van der Waals surface area contributed by atoms with E-state index >= 15 is 0 Å². The van der Waals surface area contributed by atoms with Gasteiger partial charge >= 0.3 is 0 Å². The molecule has 2 aromatic heterocycles. The molecule has 4 rings (SSSR count). The van der Waals surface area contributed by atoms with Crippen LogP contribution in [0.1, 0.15) is 36.9 Å². The fraction of sp³-hybridized carbons (Fsp3) is 0.429. The lowest BCUT2D eigenvalue weighted by atomic mass is 10.0. The van der Waals surface area contributed by atoms with Crippen LogP contribution in [0.15, 0.2) is 30.5 Å². The number of rotatable bonds is 5. The Morgan fingerprint density at radius 3 is 2.89 bits per heavy atom. The van der Waals surface area contributed by atoms with Crippen molar-refractivity contribution in [1.82, 2.24) is 20.1 Å². The average molecular weight is 381 g/mol. The van der Waals surface area contributed by atoms with Crippen LogP contribution in [0, 0.1) is 6.92 Å². The van der Waals surface area contributed by atoms with Crippen molar-refractivity contribution in [2.45, 2.75) is 45.6 Å². The third-order valence-electron chi connectivity index (χ3n) is 5.25. The van der Waals surface area contributed by atoms with E-state index in [1.807, 2.05) is 25.3 Å². The largest absolute Gasteiger partial charge is 0.298 e. The fourth-order valence-corrected chi connectivity index (χ4v) is 4.39. The van der Waals surface area contributed by atoms with Gasteiger partial charge in [0.25, 0.3) is 0 Å².